The molecule has 0 aliphatic heterocycles. The zero-order chi connectivity index (χ0) is 15.0. The van der Waals surface area contributed by atoms with Gasteiger partial charge in [-0.1, -0.05) is 0 Å². The number of halogens is 3. The van der Waals surface area contributed by atoms with Crippen LogP contribution in [0.3, 0.4) is 0 Å². The smallest absolute Gasteiger partial charge is 0.194 e. The molecule has 0 unspecified atom stereocenters. The topological polar surface area (TPSA) is 37.8 Å². The Bertz CT molecular complexity index is 678. The molecule has 0 saturated carbocycles. The van der Waals surface area contributed by atoms with Gasteiger partial charge in [0.1, 0.15) is 5.82 Å². The standard InChI is InChI=1S/C15H14F3N3/c1-2-19-15-9-4-3-5-12(9)20-14(21-15)8-6-10(16)13(18)11(17)7-8/h6-7H,2-5H2,1H3,(H,19,20,21). The second-order valence-electron chi connectivity index (χ2n) is 4.96. The van der Waals surface area contributed by atoms with Gasteiger partial charge in [-0.25, -0.2) is 23.1 Å². The minimum Gasteiger partial charge on any atom is -0.370 e. The van der Waals surface area contributed by atoms with Crippen molar-refractivity contribution in [2.75, 3.05) is 11.9 Å². The van der Waals surface area contributed by atoms with E-state index in [-0.39, 0.29) is 11.4 Å². The van der Waals surface area contributed by atoms with Crippen molar-refractivity contribution < 1.29 is 13.2 Å². The number of aromatic nitrogens is 2. The summed E-state index contributed by atoms with van der Waals surface area (Å²) >= 11 is 0. The SMILES string of the molecule is CCNc1nc(-c2cc(F)c(F)c(F)c2)nc2c1CCC2. The first kappa shape index (κ1) is 13.9. The lowest BCUT2D eigenvalue weighted by Gasteiger charge is -2.11. The lowest BCUT2D eigenvalue weighted by molar-refractivity contribution is 0.447. The fraction of sp³-hybridized carbons (Fsp3) is 0.333. The van der Waals surface area contributed by atoms with E-state index in [1.807, 2.05) is 6.92 Å². The Balaban J connectivity index is 2.13. The van der Waals surface area contributed by atoms with Crippen LogP contribution in [0.5, 0.6) is 0 Å². The van der Waals surface area contributed by atoms with Crippen molar-refractivity contribution in [3.8, 4) is 11.4 Å². The lowest BCUT2D eigenvalue weighted by Crippen LogP contribution is -2.07. The molecule has 0 amide bonds. The maximum Gasteiger partial charge on any atom is 0.194 e. The first-order chi connectivity index (χ1) is 10.1. The Morgan fingerprint density at radius 1 is 1.10 bits per heavy atom. The van der Waals surface area contributed by atoms with E-state index in [1.54, 1.807) is 0 Å². The Morgan fingerprint density at radius 2 is 1.81 bits per heavy atom. The van der Waals surface area contributed by atoms with E-state index in [0.717, 1.165) is 42.7 Å². The maximum absolute atomic E-state index is 13.4. The van der Waals surface area contributed by atoms with Crippen LogP contribution in [-0.4, -0.2) is 16.5 Å². The van der Waals surface area contributed by atoms with Gasteiger partial charge < -0.3 is 5.32 Å². The van der Waals surface area contributed by atoms with E-state index in [0.29, 0.717) is 12.4 Å². The molecule has 0 atom stereocenters. The van der Waals surface area contributed by atoms with Crippen LogP contribution < -0.4 is 5.32 Å². The van der Waals surface area contributed by atoms with Crippen molar-refractivity contribution in [3.05, 3.63) is 40.8 Å². The summed E-state index contributed by atoms with van der Waals surface area (Å²) in [6.45, 7) is 2.63. The zero-order valence-electron chi connectivity index (χ0n) is 11.5. The second-order valence-corrected chi connectivity index (χ2v) is 4.96. The molecule has 0 spiro atoms. The van der Waals surface area contributed by atoms with Crippen LogP contribution in [0.1, 0.15) is 24.6 Å². The van der Waals surface area contributed by atoms with E-state index in [2.05, 4.69) is 15.3 Å². The van der Waals surface area contributed by atoms with Gasteiger partial charge in [0.05, 0.1) is 0 Å². The van der Waals surface area contributed by atoms with Gasteiger partial charge in [-0.15, -0.1) is 0 Å². The van der Waals surface area contributed by atoms with Gasteiger partial charge in [-0.3, -0.25) is 0 Å². The minimum atomic E-state index is -1.48. The van der Waals surface area contributed by atoms with Crippen LogP contribution >= 0.6 is 0 Å². The van der Waals surface area contributed by atoms with Gasteiger partial charge in [0.15, 0.2) is 23.3 Å². The van der Waals surface area contributed by atoms with Gasteiger partial charge in [-0.2, -0.15) is 0 Å². The summed E-state index contributed by atoms with van der Waals surface area (Å²) in [5, 5.41) is 3.15. The Morgan fingerprint density at radius 3 is 2.48 bits per heavy atom. The van der Waals surface area contributed by atoms with Crippen molar-refractivity contribution >= 4 is 5.82 Å². The molecule has 110 valence electrons. The second kappa shape index (κ2) is 5.35. The summed E-state index contributed by atoms with van der Waals surface area (Å²) in [6, 6.07) is 1.84. The molecular formula is C15H14F3N3. The van der Waals surface area contributed by atoms with E-state index in [1.165, 1.54) is 0 Å². The van der Waals surface area contributed by atoms with Crippen molar-refractivity contribution in [2.45, 2.75) is 26.2 Å². The summed E-state index contributed by atoms with van der Waals surface area (Å²) in [5.41, 5.74) is 2.09. The number of anilines is 1. The summed E-state index contributed by atoms with van der Waals surface area (Å²) in [4.78, 5) is 8.71. The monoisotopic (exact) mass is 293 g/mol. The van der Waals surface area contributed by atoms with E-state index < -0.39 is 17.5 Å². The number of hydrogen-bond acceptors (Lipinski definition) is 3. The Hall–Kier alpha value is -2.11. The first-order valence-electron chi connectivity index (χ1n) is 6.88. The molecule has 1 N–H and O–H groups in total. The van der Waals surface area contributed by atoms with Crippen molar-refractivity contribution in [1.29, 1.82) is 0 Å². The Labute approximate surface area is 120 Å². The van der Waals surface area contributed by atoms with Crippen molar-refractivity contribution in [3.63, 3.8) is 0 Å². The molecule has 1 aliphatic rings. The number of hydrogen-bond donors (Lipinski definition) is 1. The van der Waals surface area contributed by atoms with Gasteiger partial charge in [0.2, 0.25) is 0 Å². The highest BCUT2D eigenvalue weighted by Gasteiger charge is 2.21. The highest BCUT2D eigenvalue weighted by molar-refractivity contribution is 5.61. The molecule has 0 radical (unpaired) electrons. The van der Waals surface area contributed by atoms with E-state index in [9.17, 15) is 13.2 Å². The highest BCUT2D eigenvalue weighted by atomic mass is 19.2. The van der Waals surface area contributed by atoms with Crippen molar-refractivity contribution in [2.24, 2.45) is 0 Å². The predicted molar refractivity (Wildman–Crippen MR) is 73.5 cm³/mol. The molecule has 6 heteroatoms. The largest absolute Gasteiger partial charge is 0.370 e. The predicted octanol–water partition coefficient (Wildman–Crippen LogP) is 3.48. The number of nitrogens with one attached hydrogen (secondary N) is 1. The molecule has 3 nitrogen and oxygen atoms in total. The summed E-state index contributed by atoms with van der Waals surface area (Å²) in [6.07, 6.45) is 2.69. The molecule has 0 saturated heterocycles. The Kier molecular flexibility index (Phi) is 3.53. The molecule has 0 bridgehead atoms. The average Bonchev–Trinajstić information content (AvgIpc) is 2.93. The quantitative estimate of drug-likeness (QED) is 0.880. The molecular weight excluding hydrogens is 279 g/mol. The lowest BCUT2D eigenvalue weighted by atomic mass is 10.1. The van der Waals surface area contributed by atoms with Crippen LogP contribution in [0.2, 0.25) is 0 Å². The molecule has 1 aromatic heterocycles. The number of aryl methyl sites for hydroxylation is 1. The summed E-state index contributed by atoms with van der Waals surface area (Å²) < 4.78 is 39.8. The third-order valence-corrected chi connectivity index (χ3v) is 3.52. The van der Waals surface area contributed by atoms with Crippen LogP contribution in [0, 0.1) is 17.5 Å². The summed E-state index contributed by atoms with van der Waals surface area (Å²) in [5.74, 6) is -3.05. The number of benzene rings is 1. The van der Waals surface area contributed by atoms with Crippen LogP contribution in [0.15, 0.2) is 12.1 Å². The molecule has 1 aliphatic carbocycles. The minimum absolute atomic E-state index is 0.139. The normalized spacial score (nSPS) is 13.3. The van der Waals surface area contributed by atoms with E-state index in [4.69, 9.17) is 0 Å². The first-order valence-corrected chi connectivity index (χ1v) is 6.88. The molecule has 3 rings (SSSR count). The average molecular weight is 293 g/mol. The van der Waals surface area contributed by atoms with E-state index >= 15 is 0 Å². The maximum atomic E-state index is 13.4. The number of fused-ring (bicyclic) bond motifs is 1. The molecule has 1 heterocycles. The van der Waals surface area contributed by atoms with Crippen molar-refractivity contribution in [1.82, 2.24) is 9.97 Å². The van der Waals surface area contributed by atoms with Gasteiger partial charge in [-0.05, 0) is 38.3 Å². The molecule has 0 fully saturated rings. The van der Waals surface area contributed by atoms with Gasteiger partial charge in [0.25, 0.3) is 0 Å². The van der Waals surface area contributed by atoms with Crippen LogP contribution in [-0.2, 0) is 12.8 Å². The molecule has 2 aromatic rings. The van der Waals surface area contributed by atoms with Crippen LogP contribution in [0.25, 0.3) is 11.4 Å². The fourth-order valence-electron chi connectivity index (χ4n) is 2.56. The third kappa shape index (κ3) is 2.46. The molecule has 1 aromatic carbocycles. The summed E-state index contributed by atoms with van der Waals surface area (Å²) in [7, 11) is 0. The van der Waals surface area contributed by atoms with Gasteiger partial charge in [0, 0.05) is 23.4 Å². The highest BCUT2D eigenvalue weighted by Crippen LogP contribution is 2.30. The molecule has 21 heavy (non-hydrogen) atoms. The fourth-order valence-corrected chi connectivity index (χ4v) is 2.56. The van der Waals surface area contributed by atoms with Crippen LogP contribution in [0.4, 0.5) is 19.0 Å². The third-order valence-electron chi connectivity index (χ3n) is 3.52. The number of nitrogens with zero attached hydrogens (tertiary/aromatic N) is 2. The van der Waals surface area contributed by atoms with Gasteiger partial charge >= 0.3 is 0 Å². The zero-order valence-corrected chi connectivity index (χ0v) is 11.5. The number of rotatable bonds is 3.